The summed E-state index contributed by atoms with van der Waals surface area (Å²) < 4.78 is 0. The van der Waals surface area contributed by atoms with Crippen LogP contribution < -0.4 is 4.90 Å². The molecule has 1 aliphatic heterocycles. The van der Waals surface area contributed by atoms with Crippen molar-refractivity contribution >= 4 is 23.2 Å². The lowest BCUT2D eigenvalue weighted by atomic mass is 9.81. The van der Waals surface area contributed by atoms with E-state index in [1.165, 1.54) is 34.2 Å². The van der Waals surface area contributed by atoms with Gasteiger partial charge in [0.15, 0.2) is 0 Å². The first-order valence-corrected chi connectivity index (χ1v) is 8.21. The monoisotopic (exact) mass is 326 g/mol. The molecule has 1 aromatic rings. The summed E-state index contributed by atoms with van der Waals surface area (Å²) in [6.07, 6.45) is 1.91. The van der Waals surface area contributed by atoms with E-state index in [2.05, 4.69) is 13.8 Å². The van der Waals surface area contributed by atoms with Gasteiger partial charge in [-0.05, 0) is 44.6 Å². The Labute approximate surface area is 139 Å². The predicted molar refractivity (Wildman–Crippen MR) is 87.2 cm³/mol. The maximum atomic E-state index is 12.9. The molecule has 2 bridgehead atoms. The molecule has 6 nitrogen and oxygen atoms in total. The average Bonchev–Trinajstić information content (AvgIpc) is 3.17. The molecule has 2 amide bonds. The molecule has 3 fully saturated rings. The molecule has 0 spiro atoms. The van der Waals surface area contributed by atoms with Gasteiger partial charge in [-0.25, -0.2) is 4.90 Å². The molecule has 1 saturated heterocycles. The van der Waals surface area contributed by atoms with Crippen molar-refractivity contribution in [1.82, 2.24) is 0 Å². The minimum absolute atomic E-state index is 0.113. The molecule has 24 heavy (non-hydrogen) atoms. The Hall–Kier alpha value is -2.50. The minimum Gasteiger partial charge on any atom is -0.274 e. The van der Waals surface area contributed by atoms with Gasteiger partial charge in [0.1, 0.15) is 0 Å². The summed E-state index contributed by atoms with van der Waals surface area (Å²) in [7, 11) is 0. The van der Waals surface area contributed by atoms with Gasteiger partial charge in [0.25, 0.3) is 5.69 Å². The zero-order valence-electron chi connectivity index (χ0n) is 13.6. The number of hydrogen-bond donors (Lipinski definition) is 0. The topological polar surface area (TPSA) is 80.5 Å². The number of amides is 2. The summed E-state index contributed by atoms with van der Waals surface area (Å²) in [6.45, 7) is 4.10. The normalized spacial score (nSPS) is 30.9. The Morgan fingerprint density at radius 1 is 1.12 bits per heavy atom. The lowest BCUT2D eigenvalue weighted by molar-refractivity contribution is -0.384. The maximum Gasteiger partial charge on any atom is 0.271 e. The molecule has 0 radical (unpaired) electrons. The zero-order valence-corrected chi connectivity index (χ0v) is 13.6. The van der Waals surface area contributed by atoms with Crippen LogP contribution in [0.5, 0.6) is 0 Å². The Balaban J connectivity index is 1.75. The van der Waals surface area contributed by atoms with E-state index in [1.807, 2.05) is 0 Å². The fraction of sp³-hybridized carbons (Fsp3) is 0.444. The molecule has 0 aromatic heterocycles. The Morgan fingerprint density at radius 2 is 1.71 bits per heavy atom. The van der Waals surface area contributed by atoms with Crippen LogP contribution in [0.1, 0.15) is 26.7 Å². The summed E-state index contributed by atoms with van der Waals surface area (Å²) in [4.78, 5) is 37.5. The van der Waals surface area contributed by atoms with E-state index in [-0.39, 0.29) is 41.2 Å². The first-order chi connectivity index (χ1) is 11.4. The summed E-state index contributed by atoms with van der Waals surface area (Å²) in [5.41, 5.74) is 2.72. The smallest absolute Gasteiger partial charge is 0.271 e. The lowest BCUT2D eigenvalue weighted by Gasteiger charge is -2.19. The summed E-state index contributed by atoms with van der Waals surface area (Å²) in [5, 5.41) is 11.0. The highest BCUT2D eigenvalue weighted by molar-refractivity contribution is 6.23. The molecular formula is C18H18N2O4. The molecule has 0 unspecified atom stereocenters. The molecule has 1 heterocycles. The number of carbonyl (C=O) groups excluding carboxylic acids is 2. The lowest BCUT2D eigenvalue weighted by Crippen LogP contribution is -2.33. The SMILES string of the molecule is CC(C)=C1[C@H]2CC[C@H]1[C@@H]1C(=O)N(c3cccc([N+](=O)[O-])c3)C(=O)[C@H]12. The second-order valence-electron chi connectivity index (χ2n) is 7.09. The molecule has 3 aliphatic rings. The molecule has 6 heteroatoms. The zero-order chi connectivity index (χ0) is 17.2. The Morgan fingerprint density at radius 3 is 2.21 bits per heavy atom. The van der Waals surface area contributed by atoms with Gasteiger partial charge >= 0.3 is 0 Å². The van der Waals surface area contributed by atoms with Gasteiger partial charge in [-0.3, -0.25) is 19.7 Å². The van der Waals surface area contributed by atoms with Crippen molar-refractivity contribution in [2.75, 3.05) is 4.90 Å². The summed E-state index contributed by atoms with van der Waals surface area (Å²) in [5.74, 6) is -0.663. The number of fused-ring (bicyclic) bond motifs is 5. The number of nitro benzene ring substituents is 1. The second kappa shape index (κ2) is 5.00. The third-order valence-electron chi connectivity index (χ3n) is 5.73. The van der Waals surface area contributed by atoms with Gasteiger partial charge < -0.3 is 0 Å². The number of nitrogens with zero attached hydrogens (tertiary/aromatic N) is 2. The maximum absolute atomic E-state index is 12.9. The van der Waals surface area contributed by atoms with Crippen molar-refractivity contribution in [2.45, 2.75) is 26.7 Å². The largest absolute Gasteiger partial charge is 0.274 e. The third kappa shape index (κ3) is 1.82. The number of allylic oxidation sites excluding steroid dienone is 2. The van der Waals surface area contributed by atoms with Crippen LogP contribution in [0.4, 0.5) is 11.4 Å². The molecule has 1 aromatic carbocycles. The third-order valence-corrected chi connectivity index (χ3v) is 5.73. The van der Waals surface area contributed by atoms with Gasteiger partial charge in [0.2, 0.25) is 11.8 Å². The standard InChI is InChI=1S/C18H18N2O4/c1-9(2)14-12-6-7-13(14)16-15(12)17(21)19(18(16)22)10-4-3-5-11(8-10)20(23)24/h3-5,8,12-13,15-16H,6-7H2,1-2H3/t12-,13-,15+,16+/m1/s1. The molecular weight excluding hydrogens is 308 g/mol. The van der Waals surface area contributed by atoms with E-state index in [0.29, 0.717) is 5.69 Å². The van der Waals surface area contributed by atoms with E-state index in [1.54, 1.807) is 6.07 Å². The average molecular weight is 326 g/mol. The fourth-order valence-electron chi connectivity index (χ4n) is 4.99. The molecule has 2 saturated carbocycles. The van der Waals surface area contributed by atoms with Crippen molar-refractivity contribution in [3.63, 3.8) is 0 Å². The minimum atomic E-state index is -0.514. The van der Waals surface area contributed by atoms with Crippen molar-refractivity contribution in [3.8, 4) is 0 Å². The number of nitro groups is 1. The van der Waals surface area contributed by atoms with Crippen molar-refractivity contribution < 1.29 is 14.5 Å². The molecule has 4 rings (SSSR count). The molecule has 124 valence electrons. The van der Waals surface area contributed by atoms with Crippen LogP contribution in [-0.4, -0.2) is 16.7 Å². The van der Waals surface area contributed by atoms with Gasteiger partial charge in [0.05, 0.1) is 22.4 Å². The predicted octanol–water partition coefficient (Wildman–Crippen LogP) is 3.08. The van der Waals surface area contributed by atoms with Crippen LogP contribution in [-0.2, 0) is 9.59 Å². The number of benzene rings is 1. The highest BCUT2D eigenvalue weighted by Gasteiger charge is 2.63. The van der Waals surface area contributed by atoms with Gasteiger partial charge in [0, 0.05) is 12.1 Å². The van der Waals surface area contributed by atoms with Crippen molar-refractivity contribution in [3.05, 3.63) is 45.5 Å². The first-order valence-electron chi connectivity index (χ1n) is 8.21. The van der Waals surface area contributed by atoms with Crippen molar-refractivity contribution in [2.24, 2.45) is 23.7 Å². The van der Waals surface area contributed by atoms with Crippen LogP contribution in [0.3, 0.4) is 0 Å². The first kappa shape index (κ1) is 15.1. The quantitative estimate of drug-likeness (QED) is 0.362. The number of hydrogen-bond acceptors (Lipinski definition) is 4. The van der Waals surface area contributed by atoms with E-state index in [9.17, 15) is 19.7 Å². The second-order valence-corrected chi connectivity index (χ2v) is 7.09. The van der Waals surface area contributed by atoms with Gasteiger partial charge in [-0.1, -0.05) is 17.2 Å². The van der Waals surface area contributed by atoms with Gasteiger partial charge in [-0.2, -0.15) is 0 Å². The number of non-ortho nitro benzene ring substituents is 1. The number of carbonyl (C=O) groups is 2. The van der Waals surface area contributed by atoms with Crippen molar-refractivity contribution in [1.29, 1.82) is 0 Å². The fourth-order valence-corrected chi connectivity index (χ4v) is 4.99. The van der Waals surface area contributed by atoms with Crippen LogP contribution in [0, 0.1) is 33.8 Å². The number of anilines is 1. The van der Waals surface area contributed by atoms with Crippen LogP contribution in [0.25, 0.3) is 0 Å². The van der Waals surface area contributed by atoms with Crippen LogP contribution >= 0.6 is 0 Å². The van der Waals surface area contributed by atoms with E-state index < -0.39 is 4.92 Å². The highest BCUT2D eigenvalue weighted by Crippen LogP contribution is 2.60. The van der Waals surface area contributed by atoms with Crippen LogP contribution in [0.2, 0.25) is 0 Å². The Kier molecular flexibility index (Phi) is 3.13. The van der Waals surface area contributed by atoms with Gasteiger partial charge in [-0.15, -0.1) is 0 Å². The highest BCUT2D eigenvalue weighted by atomic mass is 16.6. The number of imide groups is 1. The van der Waals surface area contributed by atoms with Crippen LogP contribution in [0.15, 0.2) is 35.4 Å². The van der Waals surface area contributed by atoms with E-state index in [4.69, 9.17) is 0 Å². The van der Waals surface area contributed by atoms with E-state index >= 15 is 0 Å². The molecule has 2 aliphatic carbocycles. The number of rotatable bonds is 2. The molecule has 4 atom stereocenters. The molecule has 0 N–H and O–H groups in total. The van der Waals surface area contributed by atoms with E-state index in [0.717, 1.165) is 12.8 Å². The summed E-state index contributed by atoms with van der Waals surface area (Å²) in [6, 6.07) is 5.77. The summed E-state index contributed by atoms with van der Waals surface area (Å²) >= 11 is 0. The Bertz CT molecular complexity index is 777.